The molecule has 9 heteroatoms. The lowest BCUT2D eigenvalue weighted by atomic mass is 9.76. The van der Waals surface area contributed by atoms with Gasteiger partial charge in [0.25, 0.3) is 5.91 Å². The van der Waals surface area contributed by atoms with Crippen molar-refractivity contribution in [3.63, 3.8) is 0 Å². The van der Waals surface area contributed by atoms with Crippen molar-refractivity contribution in [1.29, 1.82) is 0 Å². The molecule has 1 fully saturated rings. The molecular formula is C29H33Cl2F2N3O2. The highest BCUT2D eigenvalue weighted by Gasteiger charge is 2.31. The maximum Gasteiger partial charge on any atom is 0.259 e. The second-order valence-electron chi connectivity index (χ2n) is 9.83. The molecule has 0 N–H and O–H groups in total. The molecule has 38 heavy (non-hydrogen) atoms. The van der Waals surface area contributed by atoms with E-state index < -0.39 is 0 Å². The summed E-state index contributed by atoms with van der Waals surface area (Å²) in [5.74, 6) is 0.326. The van der Waals surface area contributed by atoms with Crippen LogP contribution in [0.3, 0.4) is 0 Å². The van der Waals surface area contributed by atoms with Crippen LogP contribution in [-0.2, 0) is 0 Å². The second kappa shape index (κ2) is 13.4. The normalized spacial score (nSPS) is 18.2. The Morgan fingerprint density at radius 2 is 1.53 bits per heavy atom. The fourth-order valence-corrected chi connectivity index (χ4v) is 5.50. The Labute approximate surface area is 235 Å². The summed E-state index contributed by atoms with van der Waals surface area (Å²) in [6.07, 6.45) is 4.33. The molecule has 1 aromatic heterocycles. The first-order chi connectivity index (χ1) is 17.5. The minimum absolute atomic E-state index is 0. The molecule has 2 aliphatic heterocycles. The van der Waals surface area contributed by atoms with Crippen LogP contribution in [-0.4, -0.2) is 60.0 Å². The Morgan fingerprint density at radius 3 is 2.11 bits per heavy atom. The van der Waals surface area contributed by atoms with Gasteiger partial charge in [0.15, 0.2) is 0 Å². The zero-order valence-electron chi connectivity index (χ0n) is 21.3. The van der Waals surface area contributed by atoms with Gasteiger partial charge < -0.3 is 14.5 Å². The highest BCUT2D eigenvalue weighted by Crippen LogP contribution is 2.38. The number of aromatic nitrogens is 1. The van der Waals surface area contributed by atoms with Crippen molar-refractivity contribution in [2.75, 3.05) is 33.2 Å². The Bertz CT molecular complexity index is 1140. The summed E-state index contributed by atoms with van der Waals surface area (Å²) in [4.78, 5) is 21.0. The molecule has 0 spiro atoms. The topological polar surface area (TPSA) is 45.7 Å². The highest BCUT2D eigenvalue weighted by molar-refractivity contribution is 5.96. The molecule has 0 bridgehead atoms. The Morgan fingerprint density at radius 1 is 0.947 bits per heavy atom. The maximum absolute atomic E-state index is 13.6. The van der Waals surface area contributed by atoms with E-state index in [0.717, 1.165) is 50.0 Å². The fourth-order valence-electron chi connectivity index (χ4n) is 5.50. The van der Waals surface area contributed by atoms with Crippen molar-refractivity contribution < 1.29 is 18.3 Å². The first-order valence-corrected chi connectivity index (χ1v) is 12.6. The average molecular weight is 565 g/mol. The third-order valence-electron chi connectivity index (χ3n) is 7.43. The molecule has 3 heterocycles. The number of piperidine rings is 1. The Balaban J connectivity index is 0.00000200. The Hall–Kier alpha value is -2.74. The first-order valence-electron chi connectivity index (χ1n) is 12.6. The maximum atomic E-state index is 13.6. The Kier molecular flexibility index (Phi) is 10.5. The predicted octanol–water partition coefficient (Wildman–Crippen LogP) is 5.97. The number of hydrogen-bond donors (Lipinski definition) is 0. The molecule has 3 aromatic rings. The number of amides is 1. The first kappa shape index (κ1) is 29.8. The van der Waals surface area contributed by atoms with Gasteiger partial charge >= 0.3 is 0 Å². The SMILES string of the molecule is CN1CC(CCN2CCC(C(c3ccc(F)cc3)c3ccc(F)cc3)CC2)Oc2ncccc2C1=O.Cl.Cl. The number of rotatable bonds is 6. The van der Waals surface area contributed by atoms with E-state index in [-0.39, 0.29) is 54.4 Å². The van der Waals surface area contributed by atoms with Crippen molar-refractivity contribution in [1.82, 2.24) is 14.8 Å². The quantitative estimate of drug-likeness (QED) is 0.370. The van der Waals surface area contributed by atoms with E-state index in [1.165, 1.54) is 24.3 Å². The number of benzene rings is 2. The number of likely N-dealkylation sites (tertiary alicyclic amines) is 1. The van der Waals surface area contributed by atoms with Crippen molar-refractivity contribution >= 4 is 30.7 Å². The molecule has 0 saturated carbocycles. The number of fused-ring (bicyclic) bond motifs is 1. The van der Waals surface area contributed by atoms with E-state index in [9.17, 15) is 13.6 Å². The summed E-state index contributed by atoms with van der Waals surface area (Å²) < 4.78 is 33.3. The van der Waals surface area contributed by atoms with E-state index in [0.29, 0.717) is 23.9 Å². The second-order valence-corrected chi connectivity index (χ2v) is 9.83. The zero-order valence-corrected chi connectivity index (χ0v) is 22.9. The molecule has 2 aromatic carbocycles. The van der Waals surface area contributed by atoms with Gasteiger partial charge in [-0.25, -0.2) is 13.8 Å². The van der Waals surface area contributed by atoms with Gasteiger partial charge in [0.05, 0.1) is 6.54 Å². The standard InChI is InChI=1S/C29H31F2N3O2.2ClH/c1-33-19-25(36-28-26(29(33)35)3-2-15-32-28)14-18-34-16-12-22(13-17-34)27(20-4-8-23(30)9-5-20)21-6-10-24(31)11-7-21;;/h2-11,15,22,25,27H,12-14,16-19H2,1H3;2*1H. The van der Waals surface area contributed by atoms with Crippen LogP contribution in [0.5, 0.6) is 5.88 Å². The fraction of sp³-hybridized carbons (Fsp3) is 0.379. The van der Waals surface area contributed by atoms with Gasteiger partial charge in [0, 0.05) is 25.7 Å². The molecule has 1 amide bonds. The van der Waals surface area contributed by atoms with Crippen LogP contribution in [0.4, 0.5) is 8.78 Å². The summed E-state index contributed by atoms with van der Waals surface area (Å²) in [5, 5.41) is 0. The van der Waals surface area contributed by atoms with Crippen molar-refractivity contribution in [2.24, 2.45) is 5.92 Å². The van der Waals surface area contributed by atoms with Gasteiger partial charge in [-0.2, -0.15) is 0 Å². The van der Waals surface area contributed by atoms with Gasteiger partial charge in [-0.15, -0.1) is 24.8 Å². The largest absolute Gasteiger partial charge is 0.472 e. The molecular weight excluding hydrogens is 531 g/mol. The number of carbonyl (C=O) groups is 1. The minimum atomic E-state index is -0.252. The van der Waals surface area contributed by atoms with Crippen molar-refractivity contribution in [2.45, 2.75) is 31.3 Å². The molecule has 1 atom stereocenters. The molecule has 1 unspecified atom stereocenters. The molecule has 0 aliphatic carbocycles. The van der Waals surface area contributed by atoms with Crippen LogP contribution >= 0.6 is 24.8 Å². The van der Waals surface area contributed by atoms with Gasteiger partial charge in [-0.1, -0.05) is 24.3 Å². The monoisotopic (exact) mass is 563 g/mol. The van der Waals surface area contributed by atoms with Gasteiger partial charge in [-0.3, -0.25) is 4.79 Å². The number of likely N-dealkylation sites (N-methyl/N-ethyl adjacent to an activating group) is 1. The summed E-state index contributed by atoms with van der Waals surface area (Å²) in [7, 11) is 1.80. The highest BCUT2D eigenvalue weighted by atomic mass is 35.5. The average Bonchev–Trinajstić information content (AvgIpc) is 3.02. The van der Waals surface area contributed by atoms with Crippen LogP contribution in [0.15, 0.2) is 66.9 Å². The van der Waals surface area contributed by atoms with Crippen molar-refractivity contribution in [3.05, 3.63) is 95.2 Å². The van der Waals surface area contributed by atoms with E-state index in [1.54, 1.807) is 30.3 Å². The predicted molar refractivity (Wildman–Crippen MR) is 149 cm³/mol. The number of nitrogens with zero attached hydrogens (tertiary/aromatic N) is 3. The van der Waals surface area contributed by atoms with E-state index >= 15 is 0 Å². The molecule has 204 valence electrons. The number of pyridine rings is 1. The van der Waals surface area contributed by atoms with Crippen LogP contribution in [0.2, 0.25) is 0 Å². The number of hydrogen-bond acceptors (Lipinski definition) is 4. The van der Waals surface area contributed by atoms with Gasteiger partial charge in [0.1, 0.15) is 23.3 Å². The lowest BCUT2D eigenvalue weighted by Crippen LogP contribution is -2.40. The lowest BCUT2D eigenvalue weighted by Gasteiger charge is -2.37. The molecule has 1 saturated heterocycles. The summed E-state index contributed by atoms with van der Waals surface area (Å²) in [6, 6.07) is 16.9. The van der Waals surface area contributed by atoms with E-state index in [2.05, 4.69) is 9.88 Å². The van der Waals surface area contributed by atoms with Crippen LogP contribution in [0.1, 0.15) is 46.7 Å². The number of halogens is 4. The van der Waals surface area contributed by atoms with Gasteiger partial charge in [0.2, 0.25) is 5.88 Å². The minimum Gasteiger partial charge on any atom is -0.472 e. The molecule has 5 nitrogen and oxygen atoms in total. The number of ether oxygens (including phenoxy) is 1. The van der Waals surface area contributed by atoms with E-state index in [1.807, 2.05) is 24.3 Å². The smallest absolute Gasteiger partial charge is 0.259 e. The van der Waals surface area contributed by atoms with Gasteiger partial charge in [-0.05, 0) is 85.8 Å². The zero-order chi connectivity index (χ0) is 25.1. The summed E-state index contributed by atoms with van der Waals surface area (Å²) in [6.45, 7) is 3.29. The lowest BCUT2D eigenvalue weighted by molar-refractivity contribution is 0.0735. The number of carbonyl (C=O) groups excluding carboxylic acids is 1. The summed E-state index contributed by atoms with van der Waals surface area (Å²) >= 11 is 0. The molecule has 2 aliphatic rings. The van der Waals surface area contributed by atoms with Crippen LogP contribution in [0, 0.1) is 17.6 Å². The third kappa shape index (κ3) is 6.82. The molecule has 5 rings (SSSR count). The van der Waals surface area contributed by atoms with E-state index in [4.69, 9.17) is 4.74 Å². The summed E-state index contributed by atoms with van der Waals surface area (Å²) in [5.41, 5.74) is 2.63. The van der Waals surface area contributed by atoms with Crippen LogP contribution < -0.4 is 4.74 Å². The molecule has 0 radical (unpaired) electrons. The third-order valence-corrected chi connectivity index (χ3v) is 7.43. The van der Waals surface area contributed by atoms with Crippen molar-refractivity contribution in [3.8, 4) is 5.88 Å². The van der Waals surface area contributed by atoms with Crippen LogP contribution in [0.25, 0.3) is 0 Å².